The lowest BCUT2D eigenvalue weighted by Crippen LogP contribution is -1.71. The fourth-order valence-electron chi connectivity index (χ4n) is 0.601. The van der Waals surface area contributed by atoms with Crippen molar-refractivity contribution in [3.05, 3.63) is 33.3 Å². The van der Waals surface area contributed by atoms with Crippen LogP contribution in [-0.2, 0) is 0 Å². The van der Waals surface area contributed by atoms with Crippen molar-refractivity contribution in [2.24, 2.45) is 0 Å². The third-order valence-electron chi connectivity index (χ3n) is 1.08. The highest BCUT2D eigenvalue weighted by Gasteiger charge is 1.93. The van der Waals surface area contributed by atoms with E-state index in [1.165, 1.54) is 5.56 Å². The molecule has 1 aromatic carbocycles. The van der Waals surface area contributed by atoms with Gasteiger partial charge in [-0.1, -0.05) is 17.7 Å². The molecule has 2 heteroatoms. The smallest absolute Gasteiger partial charge is 0.0548 e. The molecular weight excluding hydrogens is 199 g/mol. The van der Waals surface area contributed by atoms with Crippen molar-refractivity contribution in [1.29, 1.82) is 0 Å². The van der Waals surface area contributed by atoms with Gasteiger partial charge in [0.2, 0.25) is 0 Å². The minimum absolute atomic E-state index is 0.764. The van der Waals surface area contributed by atoms with Gasteiger partial charge in [0.1, 0.15) is 0 Å². The Hall–Kier alpha value is -0.0100. The zero-order valence-corrected chi connectivity index (χ0v) is 7.33. The monoisotopic (exact) mass is 204 g/mol. The Bertz CT molecular complexity index is 220. The highest BCUT2D eigenvalue weighted by atomic mass is 79.9. The van der Waals surface area contributed by atoms with Gasteiger partial charge in [-0.15, -0.1) is 0 Å². The number of hydrogen-bond acceptors (Lipinski definition) is 0. The van der Waals surface area contributed by atoms with Gasteiger partial charge in [0.25, 0.3) is 0 Å². The first kappa shape index (κ1) is 7.10. The molecule has 0 unspecified atom stereocenters. The molecule has 0 nitrogen and oxygen atoms in total. The summed E-state index contributed by atoms with van der Waals surface area (Å²) in [5.41, 5.74) is 1.21. The lowest BCUT2D eigenvalue weighted by molar-refractivity contribution is 1.45. The molecule has 0 aliphatic heterocycles. The molecule has 0 spiro atoms. The van der Waals surface area contributed by atoms with Crippen LogP contribution in [0.15, 0.2) is 22.7 Å². The van der Waals surface area contributed by atoms with Crippen LogP contribution >= 0.6 is 27.5 Å². The SMILES string of the molecule is Cc1ccc(Cl)c(Br)c1. The summed E-state index contributed by atoms with van der Waals surface area (Å²) in [5, 5.41) is 0.764. The molecule has 0 saturated heterocycles. The molecule has 0 atom stereocenters. The molecule has 9 heavy (non-hydrogen) atoms. The first-order chi connectivity index (χ1) is 4.20. The maximum atomic E-state index is 5.73. The molecule has 0 bridgehead atoms. The molecule has 1 aromatic rings. The van der Waals surface area contributed by atoms with E-state index in [1.807, 2.05) is 25.1 Å². The molecule has 0 aromatic heterocycles. The van der Waals surface area contributed by atoms with Crippen LogP contribution in [0.1, 0.15) is 5.56 Å². The zero-order valence-electron chi connectivity index (χ0n) is 4.99. The summed E-state index contributed by atoms with van der Waals surface area (Å²) < 4.78 is 0.962. The molecule has 48 valence electrons. The first-order valence-corrected chi connectivity index (χ1v) is 3.79. The highest BCUT2D eigenvalue weighted by molar-refractivity contribution is 9.10. The standard InChI is InChI=1S/C7H6BrCl/c1-5-2-3-7(9)6(8)4-5/h2-4H,1H3. The van der Waals surface area contributed by atoms with Crippen LogP contribution in [-0.4, -0.2) is 0 Å². The van der Waals surface area contributed by atoms with E-state index >= 15 is 0 Å². The van der Waals surface area contributed by atoms with Crippen molar-refractivity contribution >= 4 is 27.5 Å². The lowest BCUT2D eigenvalue weighted by atomic mass is 10.2. The molecule has 0 radical (unpaired) electrons. The zero-order chi connectivity index (χ0) is 6.85. The Kier molecular flexibility index (Phi) is 2.14. The van der Waals surface area contributed by atoms with Crippen molar-refractivity contribution in [1.82, 2.24) is 0 Å². The number of rotatable bonds is 0. The summed E-state index contributed by atoms with van der Waals surface area (Å²) >= 11 is 9.05. The summed E-state index contributed by atoms with van der Waals surface area (Å²) in [6.45, 7) is 2.03. The molecule has 0 fully saturated rings. The summed E-state index contributed by atoms with van der Waals surface area (Å²) in [4.78, 5) is 0. The van der Waals surface area contributed by atoms with E-state index in [1.54, 1.807) is 0 Å². The van der Waals surface area contributed by atoms with E-state index in [4.69, 9.17) is 11.6 Å². The Morgan fingerprint density at radius 1 is 1.44 bits per heavy atom. The topological polar surface area (TPSA) is 0 Å². The quantitative estimate of drug-likeness (QED) is 0.609. The van der Waals surface area contributed by atoms with Crippen LogP contribution in [0.2, 0.25) is 5.02 Å². The Morgan fingerprint density at radius 2 is 2.11 bits per heavy atom. The van der Waals surface area contributed by atoms with Crippen molar-refractivity contribution in [2.45, 2.75) is 6.92 Å². The van der Waals surface area contributed by atoms with Gasteiger partial charge in [-0.05, 0) is 40.5 Å². The number of hydrogen-bond donors (Lipinski definition) is 0. The Labute approximate surface area is 68.0 Å². The maximum Gasteiger partial charge on any atom is 0.0548 e. The second kappa shape index (κ2) is 2.72. The predicted molar refractivity (Wildman–Crippen MR) is 43.9 cm³/mol. The number of halogens is 2. The molecule has 0 N–H and O–H groups in total. The molecule has 0 aliphatic carbocycles. The van der Waals surface area contributed by atoms with E-state index in [2.05, 4.69) is 15.9 Å². The van der Waals surface area contributed by atoms with E-state index in [0.29, 0.717) is 0 Å². The molecule has 0 saturated carbocycles. The summed E-state index contributed by atoms with van der Waals surface area (Å²) in [7, 11) is 0. The summed E-state index contributed by atoms with van der Waals surface area (Å²) in [6, 6.07) is 5.84. The van der Waals surface area contributed by atoms with Crippen LogP contribution in [0, 0.1) is 6.92 Å². The maximum absolute atomic E-state index is 5.73. The van der Waals surface area contributed by atoms with Gasteiger partial charge in [0.05, 0.1) is 5.02 Å². The minimum Gasteiger partial charge on any atom is -0.0831 e. The lowest BCUT2D eigenvalue weighted by Gasteiger charge is -1.94. The molecule has 1 rings (SSSR count). The van der Waals surface area contributed by atoms with E-state index in [0.717, 1.165) is 9.50 Å². The van der Waals surface area contributed by atoms with E-state index < -0.39 is 0 Å². The fourth-order valence-corrected chi connectivity index (χ4v) is 1.21. The Morgan fingerprint density at radius 3 is 2.56 bits per heavy atom. The van der Waals surface area contributed by atoms with Gasteiger partial charge in [-0.2, -0.15) is 0 Å². The van der Waals surface area contributed by atoms with E-state index in [9.17, 15) is 0 Å². The second-order valence-corrected chi connectivity index (χ2v) is 3.18. The minimum atomic E-state index is 0.764. The van der Waals surface area contributed by atoms with Gasteiger partial charge in [0.15, 0.2) is 0 Å². The largest absolute Gasteiger partial charge is 0.0831 e. The van der Waals surface area contributed by atoms with Crippen LogP contribution in [0.5, 0.6) is 0 Å². The molecular formula is C7H6BrCl. The van der Waals surface area contributed by atoms with Crippen molar-refractivity contribution < 1.29 is 0 Å². The summed E-state index contributed by atoms with van der Waals surface area (Å²) in [6.07, 6.45) is 0. The number of aryl methyl sites for hydroxylation is 1. The summed E-state index contributed by atoms with van der Waals surface area (Å²) in [5.74, 6) is 0. The van der Waals surface area contributed by atoms with Gasteiger partial charge >= 0.3 is 0 Å². The average Bonchev–Trinajstić information content (AvgIpc) is 1.80. The van der Waals surface area contributed by atoms with Gasteiger partial charge in [-0.25, -0.2) is 0 Å². The highest BCUT2D eigenvalue weighted by Crippen LogP contribution is 2.22. The average molecular weight is 205 g/mol. The van der Waals surface area contributed by atoms with Gasteiger partial charge < -0.3 is 0 Å². The van der Waals surface area contributed by atoms with Crippen LogP contribution in [0.4, 0.5) is 0 Å². The van der Waals surface area contributed by atoms with Crippen molar-refractivity contribution in [3.63, 3.8) is 0 Å². The van der Waals surface area contributed by atoms with Gasteiger partial charge in [0, 0.05) is 4.47 Å². The fraction of sp³-hybridized carbons (Fsp3) is 0.143. The van der Waals surface area contributed by atoms with E-state index in [-0.39, 0.29) is 0 Å². The molecule has 0 aliphatic rings. The first-order valence-electron chi connectivity index (χ1n) is 2.62. The Balaban J connectivity index is 3.17. The predicted octanol–water partition coefficient (Wildman–Crippen LogP) is 3.41. The normalized spacial score (nSPS) is 9.67. The third-order valence-corrected chi connectivity index (χ3v) is 2.29. The van der Waals surface area contributed by atoms with Crippen LogP contribution < -0.4 is 0 Å². The van der Waals surface area contributed by atoms with Gasteiger partial charge in [-0.3, -0.25) is 0 Å². The third kappa shape index (κ3) is 1.70. The van der Waals surface area contributed by atoms with Crippen molar-refractivity contribution in [2.75, 3.05) is 0 Å². The van der Waals surface area contributed by atoms with Crippen molar-refractivity contribution in [3.8, 4) is 0 Å². The molecule has 0 heterocycles. The number of benzene rings is 1. The van der Waals surface area contributed by atoms with Crippen LogP contribution in [0.3, 0.4) is 0 Å². The van der Waals surface area contributed by atoms with Crippen LogP contribution in [0.25, 0.3) is 0 Å². The molecule has 0 amide bonds. The second-order valence-electron chi connectivity index (χ2n) is 1.92.